The first kappa shape index (κ1) is 14.6. The van der Waals surface area contributed by atoms with Crippen LogP contribution in [0.15, 0.2) is 42.5 Å². The second-order valence-electron chi connectivity index (χ2n) is 4.56. The molecule has 0 atom stereocenters. The maximum absolute atomic E-state index is 11.7. The molecule has 0 spiro atoms. The lowest BCUT2D eigenvalue weighted by Gasteiger charge is -2.10. The molecular weight excluding hydrogens is 266 g/mol. The van der Waals surface area contributed by atoms with Gasteiger partial charge in [0.2, 0.25) is 0 Å². The molecule has 110 valence electrons. The van der Waals surface area contributed by atoms with E-state index in [1.807, 2.05) is 43.3 Å². The Morgan fingerprint density at radius 3 is 2.67 bits per heavy atom. The molecule has 0 radical (unpaired) electrons. The topological polar surface area (TPSA) is 92.1 Å². The third kappa shape index (κ3) is 4.68. The minimum Gasteiger partial charge on any atom is -0.396 e. The highest BCUT2D eigenvalue weighted by Gasteiger charge is 2.02. The molecule has 1 aromatic carbocycles. The van der Waals surface area contributed by atoms with Crippen LogP contribution >= 0.6 is 0 Å². The highest BCUT2D eigenvalue weighted by Crippen LogP contribution is 2.14. The van der Waals surface area contributed by atoms with Crippen molar-refractivity contribution in [1.82, 2.24) is 10.3 Å². The van der Waals surface area contributed by atoms with Crippen molar-refractivity contribution in [1.29, 1.82) is 0 Å². The molecule has 1 heterocycles. The monoisotopic (exact) mass is 285 g/mol. The first-order valence-corrected chi connectivity index (χ1v) is 6.72. The van der Waals surface area contributed by atoms with Gasteiger partial charge in [0.25, 0.3) is 0 Å². The smallest absolute Gasteiger partial charge is 0.319 e. The number of urea groups is 1. The summed E-state index contributed by atoms with van der Waals surface area (Å²) in [7, 11) is 0. The summed E-state index contributed by atoms with van der Waals surface area (Å²) in [5.41, 5.74) is 8.05. The van der Waals surface area contributed by atoms with E-state index in [2.05, 4.69) is 20.9 Å². The molecule has 2 aromatic rings. The fraction of sp³-hybridized carbons (Fsp3) is 0.200. The Kier molecular flexibility index (Phi) is 4.98. The van der Waals surface area contributed by atoms with Crippen molar-refractivity contribution in [2.75, 3.05) is 29.5 Å². The van der Waals surface area contributed by atoms with Crippen LogP contribution in [0.25, 0.3) is 0 Å². The van der Waals surface area contributed by atoms with Gasteiger partial charge in [-0.25, -0.2) is 9.78 Å². The number of amides is 2. The number of pyridine rings is 1. The van der Waals surface area contributed by atoms with Gasteiger partial charge < -0.3 is 21.7 Å². The van der Waals surface area contributed by atoms with Gasteiger partial charge in [0, 0.05) is 24.5 Å². The van der Waals surface area contributed by atoms with Crippen molar-refractivity contribution < 1.29 is 4.79 Å². The van der Waals surface area contributed by atoms with Crippen LogP contribution in [0.1, 0.15) is 5.69 Å². The molecule has 0 aliphatic carbocycles. The minimum atomic E-state index is -0.242. The molecule has 0 aliphatic heterocycles. The largest absolute Gasteiger partial charge is 0.396 e. The number of nitrogens with one attached hydrogen (secondary N) is 3. The van der Waals surface area contributed by atoms with Gasteiger partial charge in [-0.15, -0.1) is 0 Å². The summed E-state index contributed by atoms with van der Waals surface area (Å²) >= 11 is 0. The number of aromatic nitrogens is 1. The zero-order valence-electron chi connectivity index (χ0n) is 11.9. The summed E-state index contributed by atoms with van der Waals surface area (Å²) in [5, 5.41) is 8.59. The van der Waals surface area contributed by atoms with Gasteiger partial charge in [0.15, 0.2) is 0 Å². The van der Waals surface area contributed by atoms with E-state index in [0.29, 0.717) is 24.6 Å². The molecule has 0 saturated carbocycles. The van der Waals surface area contributed by atoms with E-state index in [1.165, 1.54) is 0 Å². The van der Waals surface area contributed by atoms with Crippen LogP contribution < -0.4 is 21.7 Å². The quantitative estimate of drug-likeness (QED) is 0.634. The van der Waals surface area contributed by atoms with Crippen molar-refractivity contribution in [3.63, 3.8) is 0 Å². The number of rotatable bonds is 5. The zero-order chi connectivity index (χ0) is 15.1. The number of benzene rings is 1. The first-order chi connectivity index (χ1) is 10.1. The van der Waals surface area contributed by atoms with E-state index in [4.69, 9.17) is 5.73 Å². The van der Waals surface area contributed by atoms with Crippen molar-refractivity contribution in [2.24, 2.45) is 0 Å². The normalized spacial score (nSPS) is 9.95. The molecule has 0 bridgehead atoms. The van der Waals surface area contributed by atoms with Crippen LogP contribution in [0.4, 0.5) is 22.0 Å². The van der Waals surface area contributed by atoms with Gasteiger partial charge in [0.1, 0.15) is 5.82 Å². The number of carbonyl (C=O) groups excluding carboxylic acids is 1. The van der Waals surface area contributed by atoms with Gasteiger partial charge in [-0.3, -0.25) is 0 Å². The lowest BCUT2D eigenvalue weighted by Crippen LogP contribution is -2.32. The predicted octanol–water partition coefficient (Wildman–Crippen LogP) is 2.21. The minimum absolute atomic E-state index is 0.242. The molecule has 6 heteroatoms. The standard InChI is InChI=1S/C15H19N5O/c1-11-7-8-13(16)14(19-11)17-9-10-18-15(21)20-12-5-3-2-4-6-12/h2-8H,9-10,16H2,1H3,(H,17,19)(H2,18,20,21). The maximum Gasteiger partial charge on any atom is 0.319 e. The van der Waals surface area contributed by atoms with Crippen LogP contribution in [0, 0.1) is 6.92 Å². The number of hydrogen-bond acceptors (Lipinski definition) is 4. The van der Waals surface area contributed by atoms with Gasteiger partial charge >= 0.3 is 6.03 Å². The fourth-order valence-corrected chi connectivity index (χ4v) is 1.76. The highest BCUT2D eigenvalue weighted by molar-refractivity contribution is 5.89. The summed E-state index contributed by atoms with van der Waals surface area (Å²) < 4.78 is 0. The molecule has 21 heavy (non-hydrogen) atoms. The number of nitrogens with zero attached hydrogens (tertiary/aromatic N) is 1. The molecule has 1 aromatic heterocycles. The van der Waals surface area contributed by atoms with Crippen LogP contribution in [0.3, 0.4) is 0 Å². The van der Waals surface area contributed by atoms with Crippen LogP contribution in [0.2, 0.25) is 0 Å². The number of nitrogens with two attached hydrogens (primary N) is 1. The number of anilines is 3. The predicted molar refractivity (Wildman–Crippen MR) is 85.3 cm³/mol. The Morgan fingerprint density at radius 1 is 1.14 bits per heavy atom. The number of aryl methyl sites for hydroxylation is 1. The lowest BCUT2D eigenvalue weighted by atomic mass is 10.3. The number of carbonyl (C=O) groups is 1. The van der Waals surface area contributed by atoms with Gasteiger partial charge in [0.05, 0.1) is 5.69 Å². The zero-order valence-corrected chi connectivity index (χ0v) is 11.9. The van der Waals surface area contributed by atoms with Crippen molar-refractivity contribution in [3.05, 3.63) is 48.2 Å². The van der Waals surface area contributed by atoms with Crippen LogP contribution in [-0.2, 0) is 0 Å². The Morgan fingerprint density at radius 2 is 1.90 bits per heavy atom. The molecule has 6 nitrogen and oxygen atoms in total. The number of para-hydroxylation sites is 1. The van der Waals surface area contributed by atoms with E-state index in [1.54, 1.807) is 6.07 Å². The molecular formula is C15H19N5O. The van der Waals surface area contributed by atoms with Gasteiger partial charge in [-0.05, 0) is 31.2 Å². The summed E-state index contributed by atoms with van der Waals surface area (Å²) in [6, 6.07) is 12.7. The van der Waals surface area contributed by atoms with Crippen molar-refractivity contribution >= 4 is 23.2 Å². The second kappa shape index (κ2) is 7.14. The summed E-state index contributed by atoms with van der Waals surface area (Å²) in [6.45, 7) is 2.91. The summed E-state index contributed by atoms with van der Waals surface area (Å²) in [6.07, 6.45) is 0. The summed E-state index contributed by atoms with van der Waals surface area (Å²) in [4.78, 5) is 15.9. The third-order valence-electron chi connectivity index (χ3n) is 2.80. The molecule has 0 saturated heterocycles. The molecule has 0 aliphatic rings. The Bertz CT molecular complexity index is 600. The van der Waals surface area contributed by atoms with E-state index < -0.39 is 0 Å². The Balaban J connectivity index is 1.72. The number of nitrogen functional groups attached to an aromatic ring is 1. The maximum atomic E-state index is 11.7. The third-order valence-corrected chi connectivity index (χ3v) is 2.80. The van der Waals surface area contributed by atoms with E-state index in [-0.39, 0.29) is 6.03 Å². The molecule has 5 N–H and O–H groups in total. The van der Waals surface area contributed by atoms with E-state index in [0.717, 1.165) is 11.4 Å². The fourth-order valence-electron chi connectivity index (χ4n) is 1.76. The second-order valence-corrected chi connectivity index (χ2v) is 4.56. The van der Waals surface area contributed by atoms with Crippen molar-refractivity contribution in [3.8, 4) is 0 Å². The SMILES string of the molecule is Cc1ccc(N)c(NCCNC(=O)Nc2ccccc2)n1. The molecule has 0 unspecified atom stereocenters. The van der Waals surface area contributed by atoms with Crippen molar-refractivity contribution in [2.45, 2.75) is 6.92 Å². The van der Waals surface area contributed by atoms with E-state index >= 15 is 0 Å². The Hall–Kier alpha value is -2.76. The van der Waals surface area contributed by atoms with Crippen LogP contribution in [-0.4, -0.2) is 24.1 Å². The Labute approximate surface area is 123 Å². The lowest BCUT2D eigenvalue weighted by molar-refractivity contribution is 0.252. The highest BCUT2D eigenvalue weighted by atomic mass is 16.2. The average molecular weight is 285 g/mol. The molecule has 0 fully saturated rings. The molecule has 2 rings (SSSR count). The first-order valence-electron chi connectivity index (χ1n) is 6.72. The van der Waals surface area contributed by atoms with Gasteiger partial charge in [-0.2, -0.15) is 0 Å². The van der Waals surface area contributed by atoms with Crippen LogP contribution in [0.5, 0.6) is 0 Å². The average Bonchev–Trinajstić information content (AvgIpc) is 2.48. The molecule has 2 amide bonds. The van der Waals surface area contributed by atoms with E-state index in [9.17, 15) is 4.79 Å². The summed E-state index contributed by atoms with van der Waals surface area (Å²) in [5.74, 6) is 0.639. The number of hydrogen-bond donors (Lipinski definition) is 4. The van der Waals surface area contributed by atoms with Gasteiger partial charge in [-0.1, -0.05) is 18.2 Å².